The van der Waals surface area contributed by atoms with E-state index >= 15 is 0 Å². The number of esters is 2. The molecule has 2 unspecified atom stereocenters. The van der Waals surface area contributed by atoms with Crippen LogP contribution in [-0.2, 0) is 54.1 Å². The van der Waals surface area contributed by atoms with Gasteiger partial charge in [-0.3, -0.25) is 9.59 Å². The van der Waals surface area contributed by atoms with Crippen molar-refractivity contribution in [3.63, 3.8) is 0 Å². The molecule has 0 aliphatic heterocycles. The average molecular weight is 946 g/mol. The summed E-state index contributed by atoms with van der Waals surface area (Å²) in [5.41, 5.74) is 4.68. The normalized spacial score (nSPS) is 12.3. The van der Waals surface area contributed by atoms with Gasteiger partial charge in [0.25, 0.3) is 0 Å². The third-order valence-electron chi connectivity index (χ3n) is 10.5. The fraction of sp³-hybridized carbons (Fsp3) is 0.569. The van der Waals surface area contributed by atoms with Crippen molar-refractivity contribution in [2.45, 2.75) is 91.8 Å². The van der Waals surface area contributed by atoms with Crippen LogP contribution in [0.2, 0.25) is 0 Å². The van der Waals surface area contributed by atoms with Gasteiger partial charge in [0, 0.05) is 18.8 Å². The summed E-state index contributed by atoms with van der Waals surface area (Å²) >= 11 is 1.17. The van der Waals surface area contributed by atoms with Crippen LogP contribution in [0.15, 0.2) is 70.9 Å². The molecule has 15 nitrogen and oxygen atoms in total. The number of hydrogen-bond acceptors (Lipinski definition) is 15. The molecule has 3 rings (SSSR count). The Morgan fingerprint density at radius 3 is 2.15 bits per heavy atom. The van der Waals surface area contributed by atoms with E-state index in [1.807, 2.05) is 55.5 Å². The lowest BCUT2D eigenvalue weighted by Crippen LogP contribution is -2.37. The van der Waals surface area contributed by atoms with Crippen molar-refractivity contribution in [1.82, 2.24) is 0 Å². The van der Waals surface area contributed by atoms with E-state index in [1.165, 1.54) is 44.1 Å². The molecule has 0 N–H and O–H groups in total. The van der Waals surface area contributed by atoms with E-state index in [1.54, 1.807) is 6.92 Å². The SMILES string of the molecule is [C-]#[N+]c1c(N=Nc2ccc(N(CC)CC(COCc3ccccc3)OCCOCCOCCOCCOCCOC(=O)CC(C/C=C/CCCCCCC)C(=O)OC)cc2C)sc(C#N)c1C. The van der Waals surface area contributed by atoms with E-state index in [9.17, 15) is 14.9 Å². The standard InChI is InChI=1S/C51H71N5O10S/c1-7-9-10-11-12-13-14-18-21-43(51(58)59-6)35-48(57)66-33-31-63-29-27-61-25-24-60-26-28-62-30-32-65-45(39-64-38-42-19-16-15-17-20-42)37-56(8-2)44-22-23-46(40(3)34-44)54-55-50-49(53-5)41(4)47(36-52)67-50/h14-20,22-23,34,43,45H,7-13,21,24-33,35,37-39H2,1-4,6H3/b18-14+,55-54?. The number of likely N-dealkylation sites (N-methyl/N-ethyl adjacent to an activating group) is 1. The Morgan fingerprint density at radius 1 is 0.851 bits per heavy atom. The van der Waals surface area contributed by atoms with Crippen LogP contribution in [0, 0.1) is 37.7 Å². The Kier molecular flexibility index (Phi) is 29.5. The van der Waals surface area contributed by atoms with Crippen LogP contribution >= 0.6 is 11.3 Å². The molecule has 0 bridgehead atoms. The first kappa shape index (κ1) is 56.3. The van der Waals surface area contributed by atoms with Gasteiger partial charge in [0.15, 0.2) is 0 Å². The van der Waals surface area contributed by atoms with Gasteiger partial charge in [0.05, 0.1) is 115 Å². The highest BCUT2D eigenvalue weighted by Crippen LogP contribution is 2.42. The number of carbonyl (C=O) groups is 2. The molecule has 366 valence electrons. The lowest BCUT2D eigenvalue weighted by molar-refractivity contribution is -0.154. The number of allylic oxidation sites excluding steroid dienone is 2. The molecule has 0 saturated heterocycles. The monoisotopic (exact) mass is 945 g/mol. The Bertz CT molecular complexity index is 2000. The molecule has 1 aromatic heterocycles. The highest BCUT2D eigenvalue weighted by atomic mass is 32.1. The Hall–Kier alpha value is -5.04. The van der Waals surface area contributed by atoms with Gasteiger partial charge >= 0.3 is 11.9 Å². The van der Waals surface area contributed by atoms with Crippen molar-refractivity contribution in [3.8, 4) is 6.07 Å². The second-order valence-electron chi connectivity index (χ2n) is 15.6. The van der Waals surface area contributed by atoms with Crippen molar-refractivity contribution in [2.24, 2.45) is 16.1 Å². The first-order chi connectivity index (χ1) is 32.7. The predicted molar refractivity (Wildman–Crippen MR) is 261 cm³/mol. The van der Waals surface area contributed by atoms with E-state index in [0.29, 0.717) is 106 Å². The van der Waals surface area contributed by atoms with Gasteiger partial charge in [-0.2, -0.15) is 15.5 Å². The lowest BCUT2D eigenvalue weighted by atomic mass is 10.0. The Labute approximate surface area is 402 Å². The number of thiophene rings is 1. The molecular weight excluding hydrogens is 875 g/mol. The van der Waals surface area contributed by atoms with Crippen molar-refractivity contribution < 1.29 is 47.5 Å². The molecule has 0 radical (unpaired) electrons. The van der Waals surface area contributed by atoms with Crippen LogP contribution in [0.25, 0.3) is 4.85 Å². The van der Waals surface area contributed by atoms with Crippen LogP contribution in [0.1, 0.15) is 86.8 Å². The van der Waals surface area contributed by atoms with Crippen molar-refractivity contribution in [3.05, 3.63) is 93.7 Å². The summed E-state index contributed by atoms with van der Waals surface area (Å²) in [4.78, 5) is 30.8. The zero-order chi connectivity index (χ0) is 48.3. The van der Waals surface area contributed by atoms with Crippen LogP contribution in [0.4, 0.5) is 22.1 Å². The molecule has 0 amide bonds. The summed E-state index contributed by atoms with van der Waals surface area (Å²) < 4.78 is 45.1. The number of nitriles is 1. The zero-order valence-corrected chi connectivity index (χ0v) is 41.0. The third kappa shape index (κ3) is 23.0. The summed E-state index contributed by atoms with van der Waals surface area (Å²) in [7, 11) is 1.33. The Morgan fingerprint density at radius 2 is 1.52 bits per heavy atom. The number of aryl methyl sites for hydroxylation is 1. The number of ether oxygens (including phenoxy) is 8. The number of benzene rings is 2. The molecular formula is C51H71N5O10S. The molecule has 1 heterocycles. The summed E-state index contributed by atoms with van der Waals surface area (Å²) in [6, 6.07) is 18.1. The topological polar surface area (TPSA) is 164 Å². The Balaban J connectivity index is 1.30. The lowest BCUT2D eigenvalue weighted by Gasteiger charge is -2.29. The number of methoxy groups -OCH3 is 1. The number of nitrogens with zero attached hydrogens (tertiary/aromatic N) is 5. The maximum Gasteiger partial charge on any atom is 0.309 e. The van der Waals surface area contributed by atoms with Gasteiger partial charge in [-0.05, 0) is 74.9 Å². The van der Waals surface area contributed by atoms with Crippen molar-refractivity contribution in [1.29, 1.82) is 5.26 Å². The zero-order valence-electron chi connectivity index (χ0n) is 40.2. The minimum absolute atomic E-state index is 0.0362. The first-order valence-corrected chi connectivity index (χ1v) is 24.2. The van der Waals surface area contributed by atoms with E-state index in [0.717, 1.165) is 36.2 Å². The van der Waals surface area contributed by atoms with Gasteiger partial charge in [0.2, 0.25) is 5.69 Å². The van der Waals surface area contributed by atoms with Gasteiger partial charge < -0.3 is 42.8 Å². The smallest absolute Gasteiger partial charge is 0.309 e. The fourth-order valence-corrected chi connectivity index (χ4v) is 7.59. The molecule has 2 atom stereocenters. The molecule has 0 fully saturated rings. The van der Waals surface area contributed by atoms with E-state index in [2.05, 4.69) is 52.0 Å². The summed E-state index contributed by atoms with van der Waals surface area (Å²) in [6.45, 7) is 21.2. The second-order valence-corrected chi connectivity index (χ2v) is 16.6. The van der Waals surface area contributed by atoms with Crippen LogP contribution in [-0.4, -0.2) is 111 Å². The average Bonchev–Trinajstić information content (AvgIpc) is 3.66. The number of azo groups is 1. The third-order valence-corrected chi connectivity index (χ3v) is 11.6. The molecule has 16 heteroatoms. The molecule has 0 aliphatic rings. The van der Waals surface area contributed by atoms with Gasteiger partial charge in [-0.1, -0.05) is 75.1 Å². The minimum atomic E-state index is -0.566. The highest BCUT2D eigenvalue weighted by Gasteiger charge is 2.23. The van der Waals surface area contributed by atoms with Crippen molar-refractivity contribution in [2.75, 3.05) is 97.8 Å². The molecule has 3 aromatic rings. The quantitative estimate of drug-likeness (QED) is 0.0177. The summed E-state index contributed by atoms with van der Waals surface area (Å²) in [5, 5.41) is 18.6. The van der Waals surface area contributed by atoms with Crippen molar-refractivity contribution >= 4 is 45.3 Å². The summed E-state index contributed by atoms with van der Waals surface area (Å²) in [6.07, 6.45) is 11.2. The van der Waals surface area contributed by atoms with Crippen LogP contribution in [0.5, 0.6) is 0 Å². The summed E-state index contributed by atoms with van der Waals surface area (Å²) in [5.74, 6) is -1.44. The maximum absolute atomic E-state index is 12.3. The van der Waals surface area contributed by atoms with E-state index < -0.39 is 17.9 Å². The molecule has 0 spiro atoms. The number of unbranched alkanes of at least 4 members (excludes halogenated alkanes) is 5. The van der Waals surface area contributed by atoms with Gasteiger partial charge in [-0.25, -0.2) is 4.85 Å². The highest BCUT2D eigenvalue weighted by molar-refractivity contribution is 7.17. The van der Waals surface area contributed by atoms with Gasteiger partial charge in [0.1, 0.15) is 17.7 Å². The van der Waals surface area contributed by atoms with Crippen LogP contribution < -0.4 is 4.90 Å². The number of anilines is 1. The van der Waals surface area contributed by atoms with Gasteiger partial charge in [-0.15, -0.1) is 11.3 Å². The molecule has 0 aliphatic carbocycles. The largest absolute Gasteiger partial charge is 0.469 e. The predicted octanol–water partition coefficient (Wildman–Crippen LogP) is 10.7. The fourth-order valence-electron chi connectivity index (χ4n) is 6.73. The molecule has 2 aromatic carbocycles. The van der Waals surface area contributed by atoms with E-state index in [-0.39, 0.29) is 25.7 Å². The minimum Gasteiger partial charge on any atom is -0.469 e. The number of rotatable bonds is 37. The molecule has 0 saturated carbocycles. The van der Waals surface area contributed by atoms with E-state index in [4.69, 9.17) is 44.5 Å². The number of hydrogen-bond donors (Lipinski definition) is 0. The van der Waals surface area contributed by atoms with Crippen LogP contribution in [0.3, 0.4) is 0 Å². The second kappa shape index (κ2) is 35.2. The maximum atomic E-state index is 12.3. The molecule has 67 heavy (non-hydrogen) atoms. The first-order valence-electron chi connectivity index (χ1n) is 23.3. The number of carbonyl (C=O) groups excluding carboxylic acids is 2.